The van der Waals surface area contributed by atoms with E-state index in [9.17, 15) is 9.90 Å². The summed E-state index contributed by atoms with van der Waals surface area (Å²) >= 11 is 0. The van der Waals surface area contributed by atoms with Crippen LogP contribution in [-0.2, 0) is 19.0 Å². The Morgan fingerprint density at radius 1 is 1.36 bits per heavy atom. The number of ether oxygens (including phenoxy) is 3. The maximum absolute atomic E-state index is 11.7. The molecule has 3 aliphatic rings. The Labute approximate surface area is 150 Å². The molecule has 0 aromatic rings. The van der Waals surface area contributed by atoms with Crippen LogP contribution in [0.15, 0.2) is 12.2 Å². The average Bonchev–Trinajstić information content (AvgIpc) is 3.10. The molecule has 1 unspecified atom stereocenters. The largest absolute Gasteiger partial charge is 0.462 e. The highest BCUT2D eigenvalue weighted by molar-refractivity contribution is 5.72. The van der Waals surface area contributed by atoms with Crippen LogP contribution in [0.1, 0.15) is 64.7 Å². The van der Waals surface area contributed by atoms with Crippen LogP contribution in [0, 0.1) is 11.8 Å². The molecule has 0 radical (unpaired) electrons. The highest BCUT2D eigenvalue weighted by atomic mass is 16.7. The molecule has 1 saturated carbocycles. The second-order valence-electron chi connectivity index (χ2n) is 7.63. The van der Waals surface area contributed by atoms with E-state index in [0.29, 0.717) is 6.42 Å². The molecule has 6 atom stereocenters. The number of fused-ring (bicyclic) bond motifs is 1. The van der Waals surface area contributed by atoms with E-state index < -0.39 is 6.10 Å². The molecule has 0 aromatic carbocycles. The third-order valence-electron chi connectivity index (χ3n) is 5.67. The number of hydrogen-bond donors (Lipinski definition) is 1. The first kappa shape index (κ1) is 18.9. The molecule has 3 rings (SSSR count). The molecule has 1 N–H and O–H groups in total. The van der Waals surface area contributed by atoms with Gasteiger partial charge >= 0.3 is 5.97 Å². The fourth-order valence-electron chi connectivity index (χ4n) is 4.28. The highest BCUT2D eigenvalue weighted by Crippen LogP contribution is 2.44. The molecule has 2 saturated heterocycles. The van der Waals surface area contributed by atoms with Gasteiger partial charge in [0.2, 0.25) is 0 Å². The molecule has 0 spiro atoms. The number of carbonyl (C=O) groups is 1. The molecule has 25 heavy (non-hydrogen) atoms. The lowest BCUT2D eigenvalue weighted by atomic mass is 9.91. The van der Waals surface area contributed by atoms with E-state index >= 15 is 0 Å². The number of unbranched alkanes of at least 4 members (excludes halogenated alkanes) is 2. The van der Waals surface area contributed by atoms with E-state index in [0.717, 1.165) is 58.0 Å². The van der Waals surface area contributed by atoms with Crippen molar-refractivity contribution in [2.75, 3.05) is 6.61 Å². The Hall–Kier alpha value is -0.910. The molecular weight excluding hydrogens is 320 g/mol. The van der Waals surface area contributed by atoms with Crippen LogP contribution in [0.5, 0.6) is 0 Å². The van der Waals surface area contributed by atoms with Crippen molar-refractivity contribution in [3.8, 4) is 0 Å². The van der Waals surface area contributed by atoms with E-state index in [4.69, 9.17) is 14.2 Å². The lowest BCUT2D eigenvalue weighted by Gasteiger charge is -2.28. The van der Waals surface area contributed by atoms with Crippen LogP contribution < -0.4 is 0 Å². The topological polar surface area (TPSA) is 65.0 Å². The van der Waals surface area contributed by atoms with Gasteiger partial charge in [0.15, 0.2) is 6.29 Å². The maximum atomic E-state index is 11.7. The van der Waals surface area contributed by atoms with Gasteiger partial charge in [-0.25, -0.2) is 0 Å². The first-order valence-corrected chi connectivity index (χ1v) is 10.00. The minimum absolute atomic E-state index is 0.00490. The van der Waals surface area contributed by atoms with Gasteiger partial charge in [0.05, 0.1) is 18.6 Å². The summed E-state index contributed by atoms with van der Waals surface area (Å²) in [6.45, 7) is 2.92. The fraction of sp³-hybridized carbons (Fsp3) is 0.850. The van der Waals surface area contributed by atoms with Crippen molar-refractivity contribution in [3.05, 3.63) is 12.2 Å². The quantitative estimate of drug-likeness (QED) is 0.412. The average molecular weight is 352 g/mol. The van der Waals surface area contributed by atoms with Gasteiger partial charge in [-0.1, -0.05) is 38.3 Å². The number of hydrogen-bond acceptors (Lipinski definition) is 5. The molecule has 1 aliphatic carbocycles. The lowest BCUT2D eigenvalue weighted by Crippen LogP contribution is -2.31. The SMILES string of the molecule is CCCCC[C@@H](O)/C=C/[C@@H]1[C@H]2CC(=O)O[C@H]2C[C@H]1OC1CCCCO1. The summed E-state index contributed by atoms with van der Waals surface area (Å²) in [5, 5.41) is 10.2. The summed E-state index contributed by atoms with van der Waals surface area (Å²) in [7, 11) is 0. The van der Waals surface area contributed by atoms with E-state index in [1.165, 1.54) is 0 Å². The molecule has 0 amide bonds. The predicted octanol–water partition coefficient (Wildman–Crippen LogP) is 3.35. The van der Waals surface area contributed by atoms with Crippen LogP contribution in [-0.4, -0.2) is 42.3 Å². The van der Waals surface area contributed by atoms with Gasteiger partial charge in [0.25, 0.3) is 0 Å². The second-order valence-corrected chi connectivity index (χ2v) is 7.63. The third-order valence-corrected chi connectivity index (χ3v) is 5.67. The van der Waals surface area contributed by atoms with Gasteiger partial charge in [-0.2, -0.15) is 0 Å². The minimum atomic E-state index is -0.421. The van der Waals surface area contributed by atoms with Crippen molar-refractivity contribution in [1.29, 1.82) is 0 Å². The van der Waals surface area contributed by atoms with Crippen LogP contribution in [0.3, 0.4) is 0 Å². The zero-order valence-electron chi connectivity index (χ0n) is 15.3. The molecule has 2 heterocycles. The Morgan fingerprint density at radius 3 is 3.00 bits per heavy atom. The van der Waals surface area contributed by atoms with Crippen molar-refractivity contribution < 1.29 is 24.1 Å². The standard InChI is InChI=1S/C20H32O5/c1-2-3-4-7-14(21)9-10-15-16-12-19(22)24-18(16)13-17(15)25-20-8-5-6-11-23-20/h9-10,14-18,20-21H,2-8,11-13H2,1H3/b10-9+/t14-,15-,16-,17-,18+,20?/m1/s1. The third kappa shape index (κ3) is 5.05. The molecule has 0 bridgehead atoms. The van der Waals surface area contributed by atoms with E-state index in [1.807, 2.05) is 6.08 Å². The smallest absolute Gasteiger partial charge is 0.306 e. The Kier molecular flexibility index (Phi) is 6.91. The Balaban J connectivity index is 1.59. The molecule has 5 nitrogen and oxygen atoms in total. The van der Waals surface area contributed by atoms with Crippen molar-refractivity contribution in [2.24, 2.45) is 11.8 Å². The summed E-state index contributed by atoms with van der Waals surface area (Å²) in [5.41, 5.74) is 0. The van der Waals surface area contributed by atoms with Gasteiger partial charge < -0.3 is 19.3 Å². The molecule has 142 valence electrons. The number of rotatable bonds is 8. The zero-order valence-corrected chi connectivity index (χ0v) is 15.3. The highest BCUT2D eigenvalue weighted by Gasteiger charge is 2.50. The Bertz CT molecular complexity index is 457. The van der Waals surface area contributed by atoms with Crippen LogP contribution in [0.25, 0.3) is 0 Å². The molecule has 2 aliphatic heterocycles. The monoisotopic (exact) mass is 352 g/mol. The number of esters is 1. The molecular formula is C20H32O5. The van der Waals surface area contributed by atoms with Crippen molar-refractivity contribution >= 4 is 5.97 Å². The summed E-state index contributed by atoms with van der Waals surface area (Å²) < 4.78 is 17.4. The van der Waals surface area contributed by atoms with E-state index in [1.54, 1.807) is 0 Å². The van der Waals surface area contributed by atoms with Gasteiger partial charge in [-0.05, 0) is 25.7 Å². The second kappa shape index (κ2) is 9.15. The van der Waals surface area contributed by atoms with Gasteiger partial charge in [0.1, 0.15) is 6.10 Å². The fourth-order valence-corrected chi connectivity index (χ4v) is 4.28. The van der Waals surface area contributed by atoms with Crippen molar-refractivity contribution in [1.82, 2.24) is 0 Å². The maximum Gasteiger partial charge on any atom is 0.306 e. The molecule has 3 fully saturated rings. The summed E-state index contributed by atoms with van der Waals surface area (Å²) in [4.78, 5) is 11.7. The van der Waals surface area contributed by atoms with E-state index in [2.05, 4.69) is 13.0 Å². The van der Waals surface area contributed by atoms with Crippen LogP contribution in [0.2, 0.25) is 0 Å². The normalized spacial score (nSPS) is 36.6. The zero-order chi connectivity index (χ0) is 17.6. The lowest BCUT2D eigenvalue weighted by molar-refractivity contribution is -0.194. The van der Waals surface area contributed by atoms with Gasteiger partial charge in [-0.15, -0.1) is 0 Å². The number of aliphatic hydroxyl groups is 1. The van der Waals surface area contributed by atoms with Crippen LogP contribution >= 0.6 is 0 Å². The molecule has 0 aromatic heterocycles. The number of aliphatic hydroxyl groups excluding tert-OH is 1. The first-order chi connectivity index (χ1) is 12.2. The molecule has 5 heteroatoms. The van der Waals surface area contributed by atoms with Gasteiger partial charge in [0, 0.05) is 24.9 Å². The summed E-state index contributed by atoms with van der Waals surface area (Å²) in [5.74, 6) is 0.173. The number of carbonyl (C=O) groups excluding carboxylic acids is 1. The van der Waals surface area contributed by atoms with Gasteiger partial charge in [-0.3, -0.25) is 4.79 Å². The van der Waals surface area contributed by atoms with Crippen molar-refractivity contribution in [3.63, 3.8) is 0 Å². The summed E-state index contributed by atoms with van der Waals surface area (Å²) in [6, 6.07) is 0. The van der Waals surface area contributed by atoms with Crippen LogP contribution in [0.4, 0.5) is 0 Å². The first-order valence-electron chi connectivity index (χ1n) is 10.00. The van der Waals surface area contributed by atoms with E-state index in [-0.39, 0.29) is 36.3 Å². The minimum Gasteiger partial charge on any atom is -0.462 e. The van der Waals surface area contributed by atoms with Crippen molar-refractivity contribution in [2.45, 2.75) is 89.3 Å². The Morgan fingerprint density at radius 2 is 2.24 bits per heavy atom. The summed E-state index contributed by atoms with van der Waals surface area (Å²) in [6.07, 6.45) is 11.8. The predicted molar refractivity (Wildman–Crippen MR) is 93.8 cm³/mol.